The van der Waals surface area contributed by atoms with Crippen molar-refractivity contribution in [2.45, 2.75) is 64.3 Å². The van der Waals surface area contributed by atoms with Gasteiger partial charge in [0.05, 0.1) is 11.8 Å². The van der Waals surface area contributed by atoms with Crippen LogP contribution in [0.1, 0.15) is 42.5 Å². The predicted octanol–water partition coefficient (Wildman–Crippen LogP) is 1.77. The summed E-state index contributed by atoms with van der Waals surface area (Å²) in [5.74, 6) is 0. The number of anilines is 1. The lowest BCUT2D eigenvalue weighted by Crippen LogP contribution is -2.44. The van der Waals surface area contributed by atoms with Crippen LogP contribution in [0.5, 0.6) is 0 Å². The molecule has 104 valence electrons. The molecule has 0 saturated carbocycles. The number of hydrogen-bond donors (Lipinski definition) is 2. The van der Waals surface area contributed by atoms with Gasteiger partial charge in [0.15, 0.2) is 0 Å². The Morgan fingerprint density at radius 2 is 1.95 bits per heavy atom. The zero-order valence-corrected chi connectivity index (χ0v) is 11.8. The van der Waals surface area contributed by atoms with Crippen molar-refractivity contribution in [3.8, 4) is 0 Å². The maximum absolute atomic E-state index is 9.85. The number of nitrogens with two attached hydrogens (primary N) is 1. The van der Waals surface area contributed by atoms with Crippen molar-refractivity contribution in [1.29, 1.82) is 0 Å². The third kappa shape index (κ3) is 2.23. The number of aryl methyl sites for hydroxylation is 1. The van der Waals surface area contributed by atoms with Crippen molar-refractivity contribution in [2.24, 2.45) is 0 Å². The van der Waals surface area contributed by atoms with Crippen LogP contribution in [0.4, 0.5) is 5.69 Å². The Balaban J connectivity index is 1.81. The van der Waals surface area contributed by atoms with E-state index >= 15 is 0 Å². The molecular weight excluding hydrogens is 238 g/mol. The van der Waals surface area contributed by atoms with Gasteiger partial charge in [-0.2, -0.15) is 0 Å². The fraction of sp³-hybridized carbons (Fsp3) is 0.667. The van der Waals surface area contributed by atoms with Crippen LogP contribution in [0.15, 0.2) is 6.20 Å². The summed E-state index contributed by atoms with van der Waals surface area (Å²) in [4.78, 5) is 7.09. The lowest BCUT2D eigenvalue weighted by atomic mass is 9.99. The van der Waals surface area contributed by atoms with Gasteiger partial charge >= 0.3 is 0 Å². The van der Waals surface area contributed by atoms with Crippen molar-refractivity contribution < 1.29 is 5.11 Å². The molecule has 3 N–H and O–H groups in total. The van der Waals surface area contributed by atoms with Gasteiger partial charge in [0.2, 0.25) is 0 Å². The first-order valence-electron chi connectivity index (χ1n) is 7.20. The largest absolute Gasteiger partial charge is 0.398 e. The summed E-state index contributed by atoms with van der Waals surface area (Å²) in [5.41, 5.74) is 10.2. The minimum absolute atomic E-state index is 0.106. The molecule has 2 saturated heterocycles. The molecule has 0 amide bonds. The summed E-state index contributed by atoms with van der Waals surface area (Å²) < 4.78 is 0. The number of aliphatic hydroxyl groups is 1. The molecule has 3 heterocycles. The zero-order chi connectivity index (χ0) is 13.6. The van der Waals surface area contributed by atoms with Crippen LogP contribution in [-0.4, -0.2) is 33.2 Å². The summed E-state index contributed by atoms with van der Waals surface area (Å²) >= 11 is 0. The van der Waals surface area contributed by atoms with E-state index in [-0.39, 0.29) is 6.10 Å². The van der Waals surface area contributed by atoms with Crippen LogP contribution in [0.2, 0.25) is 0 Å². The third-order valence-electron chi connectivity index (χ3n) is 4.87. The minimum atomic E-state index is -0.106. The highest BCUT2D eigenvalue weighted by Crippen LogP contribution is 2.37. The first-order valence-corrected chi connectivity index (χ1v) is 7.20. The van der Waals surface area contributed by atoms with Crippen molar-refractivity contribution in [1.82, 2.24) is 9.88 Å². The summed E-state index contributed by atoms with van der Waals surface area (Å²) in [6.45, 7) is 4.93. The van der Waals surface area contributed by atoms with Gasteiger partial charge < -0.3 is 10.8 Å². The molecule has 2 aliphatic heterocycles. The summed E-state index contributed by atoms with van der Waals surface area (Å²) in [5, 5.41) is 9.85. The zero-order valence-electron chi connectivity index (χ0n) is 11.8. The number of rotatable bonds is 2. The first-order chi connectivity index (χ1) is 9.06. The van der Waals surface area contributed by atoms with Crippen molar-refractivity contribution in [2.75, 3.05) is 5.73 Å². The van der Waals surface area contributed by atoms with Crippen molar-refractivity contribution >= 4 is 5.69 Å². The van der Waals surface area contributed by atoms with Crippen LogP contribution in [0.25, 0.3) is 0 Å². The highest BCUT2D eigenvalue weighted by molar-refractivity contribution is 5.53. The van der Waals surface area contributed by atoms with E-state index in [9.17, 15) is 5.11 Å². The average molecular weight is 261 g/mol. The Morgan fingerprint density at radius 3 is 2.58 bits per heavy atom. The normalized spacial score (nSPS) is 30.8. The smallest absolute Gasteiger partial charge is 0.0593 e. The molecule has 2 fully saturated rings. The van der Waals surface area contributed by atoms with Crippen LogP contribution in [-0.2, 0) is 6.54 Å². The number of hydrogen-bond acceptors (Lipinski definition) is 4. The topological polar surface area (TPSA) is 62.4 Å². The number of fused-ring (bicyclic) bond motifs is 2. The second-order valence-corrected chi connectivity index (χ2v) is 6.11. The number of aliphatic hydroxyl groups excluding tert-OH is 1. The molecule has 0 radical (unpaired) electrons. The Labute approximate surface area is 114 Å². The van der Waals surface area contributed by atoms with Gasteiger partial charge in [-0.1, -0.05) is 0 Å². The molecule has 1 aromatic rings. The highest BCUT2D eigenvalue weighted by Gasteiger charge is 2.40. The Bertz CT molecular complexity index is 475. The molecule has 2 unspecified atom stereocenters. The molecule has 2 bridgehead atoms. The molecule has 3 rings (SSSR count). The molecule has 2 aliphatic rings. The predicted molar refractivity (Wildman–Crippen MR) is 75.7 cm³/mol. The number of nitrogen functional groups attached to an aromatic ring is 1. The van der Waals surface area contributed by atoms with Crippen molar-refractivity contribution in [3.63, 3.8) is 0 Å². The Morgan fingerprint density at radius 1 is 1.32 bits per heavy atom. The van der Waals surface area contributed by atoms with E-state index in [1.165, 1.54) is 12.8 Å². The fourth-order valence-electron chi connectivity index (χ4n) is 3.63. The van der Waals surface area contributed by atoms with Crippen LogP contribution in [0, 0.1) is 13.8 Å². The van der Waals surface area contributed by atoms with E-state index in [4.69, 9.17) is 5.73 Å². The highest BCUT2D eigenvalue weighted by atomic mass is 16.3. The van der Waals surface area contributed by atoms with Gasteiger partial charge in [-0.15, -0.1) is 0 Å². The minimum Gasteiger partial charge on any atom is -0.398 e. The van der Waals surface area contributed by atoms with E-state index in [1.807, 2.05) is 13.1 Å². The van der Waals surface area contributed by atoms with Gasteiger partial charge in [-0.25, -0.2) is 0 Å². The fourth-order valence-corrected chi connectivity index (χ4v) is 3.63. The number of pyridine rings is 1. The molecule has 0 aliphatic carbocycles. The van der Waals surface area contributed by atoms with E-state index in [0.717, 1.165) is 41.9 Å². The van der Waals surface area contributed by atoms with E-state index in [1.54, 1.807) is 0 Å². The lowest BCUT2D eigenvalue weighted by Gasteiger charge is -2.37. The second-order valence-electron chi connectivity index (χ2n) is 6.11. The summed E-state index contributed by atoms with van der Waals surface area (Å²) in [6, 6.07) is 1.05. The van der Waals surface area contributed by atoms with Crippen LogP contribution >= 0.6 is 0 Å². The molecule has 2 atom stereocenters. The molecular formula is C15H23N3O. The number of aromatic nitrogens is 1. The SMILES string of the molecule is Cc1cnc(CN2C3CCC2CC(O)C3)c(C)c1N. The molecule has 19 heavy (non-hydrogen) atoms. The lowest BCUT2D eigenvalue weighted by molar-refractivity contribution is 0.0303. The van der Waals surface area contributed by atoms with Gasteiger partial charge in [0, 0.05) is 30.5 Å². The quantitative estimate of drug-likeness (QED) is 0.851. The van der Waals surface area contributed by atoms with Crippen LogP contribution < -0.4 is 5.73 Å². The standard InChI is InChI=1S/C15H23N3O/c1-9-7-17-14(10(2)15(9)16)8-18-11-3-4-12(18)6-13(19)5-11/h7,11-13,19H,3-6,8H2,1-2H3,(H2,16,17). The summed E-state index contributed by atoms with van der Waals surface area (Å²) in [6.07, 6.45) is 6.02. The number of piperidine rings is 1. The average Bonchev–Trinajstić information content (AvgIpc) is 2.61. The second kappa shape index (κ2) is 4.76. The Hall–Kier alpha value is -1.13. The molecule has 0 aromatic carbocycles. The Kier molecular flexibility index (Phi) is 3.23. The van der Waals surface area contributed by atoms with Gasteiger partial charge in [0.1, 0.15) is 0 Å². The maximum Gasteiger partial charge on any atom is 0.0593 e. The van der Waals surface area contributed by atoms with Gasteiger partial charge in [-0.05, 0) is 50.7 Å². The van der Waals surface area contributed by atoms with Gasteiger partial charge in [0.25, 0.3) is 0 Å². The first kappa shape index (κ1) is 12.9. The molecule has 1 aromatic heterocycles. The van der Waals surface area contributed by atoms with Crippen LogP contribution in [0.3, 0.4) is 0 Å². The van der Waals surface area contributed by atoms with Gasteiger partial charge in [-0.3, -0.25) is 9.88 Å². The van der Waals surface area contributed by atoms with E-state index in [0.29, 0.717) is 12.1 Å². The molecule has 4 nitrogen and oxygen atoms in total. The van der Waals surface area contributed by atoms with E-state index in [2.05, 4.69) is 16.8 Å². The monoisotopic (exact) mass is 261 g/mol. The molecule has 0 spiro atoms. The van der Waals surface area contributed by atoms with E-state index < -0.39 is 0 Å². The molecule has 4 heteroatoms. The summed E-state index contributed by atoms with van der Waals surface area (Å²) in [7, 11) is 0. The third-order valence-corrected chi connectivity index (χ3v) is 4.87. The van der Waals surface area contributed by atoms with Crippen molar-refractivity contribution in [3.05, 3.63) is 23.0 Å². The maximum atomic E-state index is 9.85. The number of nitrogens with zero attached hydrogens (tertiary/aromatic N) is 2.